The van der Waals surface area contributed by atoms with Crippen molar-refractivity contribution in [3.05, 3.63) is 24.3 Å². The second-order valence-electron chi connectivity index (χ2n) is 18.8. The third kappa shape index (κ3) is 46.3. The summed E-state index contributed by atoms with van der Waals surface area (Å²) in [6.07, 6.45) is 63.8. The van der Waals surface area contributed by atoms with E-state index in [2.05, 4.69) is 31.3 Å². The number of carbonyl (C=O) groups is 1. The predicted octanol–water partition coefficient (Wildman–Crippen LogP) is 16.5. The van der Waals surface area contributed by atoms with E-state index in [4.69, 9.17) is 0 Å². The number of unbranched alkanes of at least 4 members (excludes halogenated alkanes) is 39. The number of carbonyl (C=O) groups excluding carboxylic acids is 1. The standard InChI is InChI=1S/C55H107NO4/c1-3-5-7-9-11-13-15-17-19-20-21-22-23-24-25-26-27-28-29-30-31-32-33-34-35-36-38-40-42-44-46-48-52(58)50-55(60)56-53(51-57)54(59)49-47-45-43-41-39-37-18-16-14-12-10-8-6-4-2/h39,41,47,49,52-54,57-59H,3-38,40,42-46,48,50-51H2,1-2H3,(H,56,60)/b41-39+,49-47+. The van der Waals surface area contributed by atoms with E-state index in [1.165, 1.54) is 238 Å². The molecule has 0 heterocycles. The molecule has 0 saturated carbocycles. The van der Waals surface area contributed by atoms with E-state index in [9.17, 15) is 20.1 Å². The van der Waals surface area contributed by atoms with E-state index in [1.54, 1.807) is 6.08 Å². The van der Waals surface area contributed by atoms with Crippen LogP contribution in [-0.4, -0.2) is 46.1 Å². The van der Waals surface area contributed by atoms with Gasteiger partial charge in [0.1, 0.15) is 0 Å². The number of hydrogen-bond donors (Lipinski definition) is 4. The van der Waals surface area contributed by atoms with Gasteiger partial charge in [-0.15, -0.1) is 0 Å². The quantitative estimate of drug-likeness (QED) is 0.0363. The van der Waals surface area contributed by atoms with Gasteiger partial charge >= 0.3 is 0 Å². The maximum atomic E-state index is 12.5. The average Bonchev–Trinajstić information content (AvgIpc) is 3.24. The smallest absolute Gasteiger partial charge is 0.222 e. The van der Waals surface area contributed by atoms with E-state index >= 15 is 0 Å². The summed E-state index contributed by atoms with van der Waals surface area (Å²) < 4.78 is 0. The highest BCUT2D eigenvalue weighted by atomic mass is 16.3. The Morgan fingerprint density at radius 2 is 0.717 bits per heavy atom. The first-order valence-corrected chi connectivity index (χ1v) is 27.1. The molecule has 4 N–H and O–H groups in total. The maximum Gasteiger partial charge on any atom is 0.222 e. The normalized spacial score (nSPS) is 13.5. The lowest BCUT2D eigenvalue weighted by molar-refractivity contribution is -0.124. The molecule has 0 bridgehead atoms. The first kappa shape index (κ1) is 58.8. The number of allylic oxidation sites excluding steroid dienone is 3. The third-order valence-electron chi connectivity index (χ3n) is 12.7. The number of amides is 1. The van der Waals surface area contributed by atoms with Crippen molar-refractivity contribution in [3.8, 4) is 0 Å². The molecule has 0 spiro atoms. The highest BCUT2D eigenvalue weighted by Crippen LogP contribution is 2.18. The van der Waals surface area contributed by atoms with E-state index in [-0.39, 0.29) is 18.9 Å². The van der Waals surface area contributed by atoms with Crippen molar-refractivity contribution in [2.45, 2.75) is 315 Å². The molecule has 5 nitrogen and oxygen atoms in total. The van der Waals surface area contributed by atoms with Gasteiger partial charge < -0.3 is 20.6 Å². The van der Waals surface area contributed by atoms with Crippen LogP contribution in [0.25, 0.3) is 0 Å². The van der Waals surface area contributed by atoms with Crippen molar-refractivity contribution >= 4 is 5.91 Å². The first-order valence-electron chi connectivity index (χ1n) is 27.1. The number of rotatable bonds is 50. The molecule has 0 saturated heterocycles. The number of nitrogens with one attached hydrogen (secondary N) is 1. The zero-order valence-electron chi connectivity index (χ0n) is 40.6. The van der Waals surface area contributed by atoms with Crippen molar-refractivity contribution in [3.63, 3.8) is 0 Å². The lowest BCUT2D eigenvalue weighted by atomic mass is 10.0. The Morgan fingerprint density at radius 3 is 1.07 bits per heavy atom. The van der Waals surface area contributed by atoms with Crippen LogP contribution >= 0.6 is 0 Å². The Kier molecular flexibility index (Phi) is 49.5. The van der Waals surface area contributed by atoms with Crippen molar-refractivity contribution in [1.82, 2.24) is 5.32 Å². The molecule has 356 valence electrons. The average molecular weight is 846 g/mol. The number of aliphatic hydroxyl groups excluding tert-OH is 3. The first-order chi connectivity index (χ1) is 29.5. The van der Waals surface area contributed by atoms with E-state index in [1.807, 2.05) is 6.08 Å². The van der Waals surface area contributed by atoms with Crippen LogP contribution in [0, 0.1) is 0 Å². The van der Waals surface area contributed by atoms with Gasteiger partial charge in [0.15, 0.2) is 0 Å². The molecule has 0 aromatic rings. The molecule has 3 atom stereocenters. The third-order valence-corrected chi connectivity index (χ3v) is 12.7. The maximum absolute atomic E-state index is 12.5. The fourth-order valence-corrected chi connectivity index (χ4v) is 8.59. The highest BCUT2D eigenvalue weighted by molar-refractivity contribution is 5.76. The minimum atomic E-state index is -0.949. The van der Waals surface area contributed by atoms with Crippen molar-refractivity contribution < 1.29 is 20.1 Å². The molecular formula is C55H107NO4. The zero-order chi connectivity index (χ0) is 43.7. The fourth-order valence-electron chi connectivity index (χ4n) is 8.59. The van der Waals surface area contributed by atoms with Gasteiger partial charge in [0.25, 0.3) is 0 Å². The van der Waals surface area contributed by atoms with Gasteiger partial charge in [0.05, 0.1) is 31.3 Å². The summed E-state index contributed by atoms with van der Waals surface area (Å²) in [5.41, 5.74) is 0. The SMILES string of the molecule is CCCCCCCCCC/C=C/CC/C=C/C(O)C(CO)NC(=O)CC(O)CCCCCCCCCCCCCCCCCCCCCCCCCCCCCCCCC. The molecule has 1 amide bonds. The highest BCUT2D eigenvalue weighted by Gasteiger charge is 2.20. The topological polar surface area (TPSA) is 89.8 Å². The molecule has 0 aromatic heterocycles. The summed E-state index contributed by atoms with van der Waals surface area (Å²) in [5.74, 6) is -0.321. The lowest BCUT2D eigenvalue weighted by Gasteiger charge is -2.21. The van der Waals surface area contributed by atoms with E-state index < -0.39 is 18.2 Å². The predicted molar refractivity (Wildman–Crippen MR) is 264 cm³/mol. The van der Waals surface area contributed by atoms with E-state index in [0.717, 1.165) is 32.1 Å². The van der Waals surface area contributed by atoms with Crippen molar-refractivity contribution in [2.24, 2.45) is 0 Å². The summed E-state index contributed by atoms with van der Waals surface area (Å²) in [6.45, 7) is 4.22. The fraction of sp³-hybridized carbons (Fsp3) is 0.909. The molecule has 0 aliphatic rings. The van der Waals surface area contributed by atoms with Gasteiger partial charge in [-0.05, 0) is 32.1 Å². The molecular weight excluding hydrogens is 739 g/mol. The summed E-state index contributed by atoms with van der Waals surface area (Å²) in [6, 6.07) is -0.758. The molecule has 60 heavy (non-hydrogen) atoms. The summed E-state index contributed by atoms with van der Waals surface area (Å²) in [5, 5.41) is 33.3. The van der Waals surface area contributed by atoms with Gasteiger partial charge in [-0.25, -0.2) is 0 Å². The minimum Gasteiger partial charge on any atom is -0.394 e. The Morgan fingerprint density at radius 1 is 0.417 bits per heavy atom. The van der Waals surface area contributed by atoms with Crippen LogP contribution in [0.4, 0.5) is 0 Å². The Bertz CT molecular complexity index is 890. The molecule has 0 aliphatic heterocycles. The van der Waals surface area contributed by atoms with Gasteiger partial charge in [-0.1, -0.05) is 282 Å². The number of aliphatic hydroxyl groups is 3. The van der Waals surface area contributed by atoms with Gasteiger partial charge in [0.2, 0.25) is 5.91 Å². The molecule has 0 fully saturated rings. The summed E-state index contributed by atoms with van der Waals surface area (Å²) in [7, 11) is 0. The monoisotopic (exact) mass is 846 g/mol. The van der Waals surface area contributed by atoms with Gasteiger partial charge in [-0.2, -0.15) is 0 Å². The molecule has 0 radical (unpaired) electrons. The second-order valence-corrected chi connectivity index (χ2v) is 18.8. The summed E-state index contributed by atoms with van der Waals surface area (Å²) in [4.78, 5) is 12.5. The van der Waals surface area contributed by atoms with Crippen LogP contribution in [0.1, 0.15) is 296 Å². The van der Waals surface area contributed by atoms with Gasteiger partial charge in [0, 0.05) is 0 Å². The lowest BCUT2D eigenvalue weighted by Crippen LogP contribution is -2.45. The van der Waals surface area contributed by atoms with Gasteiger partial charge in [-0.3, -0.25) is 4.79 Å². The van der Waals surface area contributed by atoms with Crippen LogP contribution in [0.3, 0.4) is 0 Å². The molecule has 0 rings (SSSR count). The van der Waals surface area contributed by atoms with Crippen LogP contribution in [0.15, 0.2) is 24.3 Å². The Labute approximate surface area is 375 Å². The van der Waals surface area contributed by atoms with Crippen LogP contribution in [0.2, 0.25) is 0 Å². The zero-order valence-corrected chi connectivity index (χ0v) is 40.6. The largest absolute Gasteiger partial charge is 0.394 e. The summed E-state index contributed by atoms with van der Waals surface area (Å²) >= 11 is 0. The van der Waals surface area contributed by atoms with Crippen LogP contribution < -0.4 is 5.32 Å². The number of hydrogen-bond acceptors (Lipinski definition) is 4. The minimum absolute atomic E-state index is 0.0101. The second kappa shape index (κ2) is 50.5. The molecule has 3 unspecified atom stereocenters. The van der Waals surface area contributed by atoms with Crippen molar-refractivity contribution in [2.75, 3.05) is 6.61 Å². The van der Waals surface area contributed by atoms with Crippen LogP contribution in [-0.2, 0) is 4.79 Å². The molecule has 0 aromatic carbocycles. The van der Waals surface area contributed by atoms with Crippen LogP contribution in [0.5, 0.6) is 0 Å². The van der Waals surface area contributed by atoms with E-state index in [0.29, 0.717) is 6.42 Å². The van der Waals surface area contributed by atoms with Crippen molar-refractivity contribution in [1.29, 1.82) is 0 Å². The molecule has 5 heteroatoms. The molecule has 0 aliphatic carbocycles. The Balaban J connectivity index is 3.50. The Hall–Kier alpha value is -1.17.